The maximum absolute atomic E-state index is 12.3. The Labute approximate surface area is 127 Å². The van der Waals surface area contributed by atoms with Gasteiger partial charge in [0.15, 0.2) is 0 Å². The molecule has 4 nitrogen and oxygen atoms in total. The predicted molar refractivity (Wildman–Crippen MR) is 83.7 cm³/mol. The number of carbonyl (C=O) groups excluding carboxylic acids is 2. The number of nitrogens with one attached hydrogen (secondary N) is 2. The molecule has 2 N–H and O–H groups in total. The molecule has 4 heteroatoms. The van der Waals surface area contributed by atoms with Crippen LogP contribution >= 0.6 is 0 Å². The summed E-state index contributed by atoms with van der Waals surface area (Å²) in [6, 6.07) is 0.134. The van der Waals surface area contributed by atoms with Gasteiger partial charge in [0, 0.05) is 12.6 Å². The van der Waals surface area contributed by atoms with E-state index in [1.807, 2.05) is 13.8 Å². The zero-order valence-electron chi connectivity index (χ0n) is 13.3. The van der Waals surface area contributed by atoms with Crippen LogP contribution in [0.15, 0.2) is 11.6 Å². The van der Waals surface area contributed by atoms with Crippen LogP contribution in [0.25, 0.3) is 0 Å². The summed E-state index contributed by atoms with van der Waals surface area (Å²) in [5.74, 6) is -0.175. The Bertz CT molecular complexity index is 425. The van der Waals surface area contributed by atoms with Gasteiger partial charge in [-0.3, -0.25) is 9.59 Å². The number of hydrogen-bond donors (Lipinski definition) is 2. The Morgan fingerprint density at radius 1 is 1.29 bits per heavy atom. The van der Waals surface area contributed by atoms with E-state index in [4.69, 9.17) is 0 Å². The third-order valence-corrected chi connectivity index (χ3v) is 4.73. The average molecular weight is 292 g/mol. The van der Waals surface area contributed by atoms with Crippen molar-refractivity contribution in [2.24, 2.45) is 5.41 Å². The predicted octanol–water partition coefficient (Wildman–Crippen LogP) is 2.69. The first-order valence-corrected chi connectivity index (χ1v) is 8.35. The first-order valence-electron chi connectivity index (χ1n) is 8.35. The number of hydrogen-bond acceptors (Lipinski definition) is 2. The minimum atomic E-state index is -0.773. The molecule has 2 aliphatic rings. The smallest absolute Gasteiger partial charge is 0.235 e. The average Bonchev–Trinajstić information content (AvgIpc) is 3.30. The van der Waals surface area contributed by atoms with Crippen LogP contribution in [-0.2, 0) is 9.59 Å². The van der Waals surface area contributed by atoms with E-state index >= 15 is 0 Å². The van der Waals surface area contributed by atoms with Crippen LogP contribution in [0.2, 0.25) is 0 Å². The van der Waals surface area contributed by atoms with E-state index in [2.05, 4.69) is 16.7 Å². The molecule has 0 spiro atoms. The summed E-state index contributed by atoms with van der Waals surface area (Å²) in [6.07, 6.45) is 10.4. The molecule has 21 heavy (non-hydrogen) atoms. The van der Waals surface area contributed by atoms with Crippen molar-refractivity contribution >= 4 is 11.8 Å². The summed E-state index contributed by atoms with van der Waals surface area (Å²) in [7, 11) is 0. The van der Waals surface area contributed by atoms with Crippen molar-refractivity contribution < 1.29 is 9.59 Å². The highest BCUT2D eigenvalue weighted by atomic mass is 16.2. The molecule has 0 heterocycles. The Morgan fingerprint density at radius 3 is 2.62 bits per heavy atom. The monoisotopic (exact) mass is 292 g/mol. The maximum Gasteiger partial charge on any atom is 0.235 e. The van der Waals surface area contributed by atoms with E-state index in [9.17, 15) is 9.59 Å². The molecule has 0 aromatic carbocycles. The molecule has 0 aromatic heterocycles. The molecule has 1 unspecified atom stereocenters. The molecule has 0 aliphatic heterocycles. The van der Waals surface area contributed by atoms with Crippen molar-refractivity contribution in [3.63, 3.8) is 0 Å². The summed E-state index contributed by atoms with van der Waals surface area (Å²) in [5, 5.41) is 5.91. The van der Waals surface area contributed by atoms with E-state index in [0.717, 1.165) is 19.3 Å². The lowest BCUT2D eigenvalue weighted by Gasteiger charge is -2.19. The second kappa shape index (κ2) is 7.10. The molecule has 118 valence electrons. The van der Waals surface area contributed by atoms with Gasteiger partial charge in [-0.25, -0.2) is 0 Å². The second-order valence-electron chi connectivity index (χ2n) is 6.48. The topological polar surface area (TPSA) is 58.2 Å². The lowest BCUT2D eigenvalue weighted by Crippen LogP contribution is -2.45. The van der Waals surface area contributed by atoms with Crippen molar-refractivity contribution in [1.82, 2.24) is 10.6 Å². The van der Waals surface area contributed by atoms with Crippen LogP contribution in [0.3, 0.4) is 0 Å². The quantitative estimate of drug-likeness (QED) is 0.560. The Balaban J connectivity index is 1.77. The molecule has 2 aliphatic carbocycles. The molecule has 1 atom stereocenters. The fourth-order valence-corrected chi connectivity index (χ4v) is 2.78. The second-order valence-corrected chi connectivity index (χ2v) is 6.48. The van der Waals surface area contributed by atoms with Gasteiger partial charge in [-0.1, -0.05) is 18.6 Å². The van der Waals surface area contributed by atoms with Gasteiger partial charge >= 0.3 is 0 Å². The molecular weight excluding hydrogens is 264 g/mol. The first-order chi connectivity index (χ1) is 10.1. The molecular formula is C17H28N2O2. The van der Waals surface area contributed by atoms with E-state index in [0.29, 0.717) is 19.4 Å². The summed E-state index contributed by atoms with van der Waals surface area (Å²) >= 11 is 0. The number of allylic oxidation sites excluding steroid dienone is 1. The number of carbonyl (C=O) groups is 2. The van der Waals surface area contributed by atoms with Crippen LogP contribution in [0.1, 0.15) is 65.2 Å². The molecule has 1 fully saturated rings. The molecule has 2 amide bonds. The van der Waals surface area contributed by atoms with Gasteiger partial charge in [0.05, 0.1) is 0 Å². The van der Waals surface area contributed by atoms with Gasteiger partial charge in [-0.15, -0.1) is 0 Å². The van der Waals surface area contributed by atoms with E-state index < -0.39 is 5.41 Å². The molecule has 0 aromatic rings. The Hall–Kier alpha value is -1.32. The van der Waals surface area contributed by atoms with Crippen molar-refractivity contribution in [3.05, 3.63) is 11.6 Å². The van der Waals surface area contributed by atoms with Gasteiger partial charge in [-0.05, 0) is 58.3 Å². The SMILES string of the molecule is CCC(C)NC(=O)C1(C(=O)NCCC2=CCCCC2)CC1. The molecule has 0 saturated heterocycles. The van der Waals surface area contributed by atoms with Crippen LogP contribution in [0, 0.1) is 5.41 Å². The van der Waals surface area contributed by atoms with E-state index in [1.54, 1.807) is 0 Å². The van der Waals surface area contributed by atoms with Crippen LogP contribution in [0.4, 0.5) is 0 Å². The summed E-state index contributed by atoms with van der Waals surface area (Å²) in [4.78, 5) is 24.5. The normalized spacial score (nSPS) is 21.1. The minimum Gasteiger partial charge on any atom is -0.355 e. The van der Waals surface area contributed by atoms with Gasteiger partial charge in [0.1, 0.15) is 5.41 Å². The Morgan fingerprint density at radius 2 is 2.05 bits per heavy atom. The lowest BCUT2D eigenvalue weighted by atomic mass is 9.97. The zero-order valence-corrected chi connectivity index (χ0v) is 13.3. The first kappa shape index (κ1) is 16.1. The van der Waals surface area contributed by atoms with E-state index in [-0.39, 0.29) is 17.9 Å². The maximum atomic E-state index is 12.3. The third kappa shape index (κ3) is 4.08. The standard InChI is InChI=1S/C17H28N2O2/c1-3-13(2)19-16(21)17(10-11-17)15(20)18-12-9-14-7-5-4-6-8-14/h7,13H,3-6,8-12H2,1-2H3,(H,18,20)(H,19,21). The number of rotatable bonds is 7. The molecule has 1 saturated carbocycles. The number of amides is 2. The van der Waals surface area contributed by atoms with Crippen LogP contribution in [0.5, 0.6) is 0 Å². The highest BCUT2D eigenvalue weighted by molar-refractivity contribution is 6.07. The van der Waals surface area contributed by atoms with Gasteiger partial charge in [0.25, 0.3) is 0 Å². The van der Waals surface area contributed by atoms with E-state index in [1.165, 1.54) is 24.8 Å². The van der Waals surface area contributed by atoms with Gasteiger partial charge < -0.3 is 10.6 Å². The Kier molecular flexibility index (Phi) is 5.43. The lowest BCUT2D eigenvalue weighted by molar-refractivity contribution is -0.137. The summed E-state index contributed by atoms with van der Waals surface area (Å²) in [6.45, 7) is 4.66. The largest absolute Gasteiger partial charge is 0.355 e. The van der Waals surface area contributed by atoms with Crippen molar-refractivity contribution in [3.8, 4) is 0 Å². The highest BCUT2D eigenvalue weighted by Crippen LogP contribution is 2.46. The minimum absolute atomic E-state index is 0.0836. The third-order valence-electron chi connectivity index (χ3n) is 4.73. The van der Waals surface area contributed by atoms with Crippen LogP contribution in [-0.4, -0.2) is 24.4 Å². The molecule has 2 rings (SSSR count). The van der Waals surface area contributed by atoms with Crippen molar-refractivity contribution in [1.29, 1.82) is 0 Å². The van der Waals surface area contributed by atoms with Crippen molar-refractivity contribution in [2.45, 2.75) is 71.3 Å². The summed E-state index contributed by atoms with van der Waals surface area (Å²) in [5.41, 5.74) is 0.681. The summed E-state index contributed by atoms with van der Waals surface area (Å²) < 4.78 is 0. The van der Waals surface area contributed by atoms with Crippen LogP contribution < -0.4 is 10.6 Å². The van der Waals surface area contributed by atoms with Crippen molar-refractivity contribution in [2.75, 3.05) is 6.54 Å². The zero-order chi connectivity index (χ0) is 15.3. The highest BCUT2D eigenvalue weighted by Gasteiger charge is 2.56. The fraction of sp³-hybridized carbons (Fsp3) is 0.765. The molecule has 0 bridgehead atoms. The van der Waals surface area contributed by atoms with Gasteiger partial charge in [-0.2, -0.15) is 0 Å². The van der Waals surface area contributed by atoms with Gasteiger partial charge in [0.2, 0.25) is 11.8 Å². The fourth-order valence-electron chi connectivity index (χ4n) is 2.78. The molecule has 0 radical (unpaired) electrons.